The molecule has 2 aromatic carbocycles. The monoisotopic (exact) mass is 510 g/mol. The molecule has 3 aliphatic carbocycles. The van der Waals surface area contributed by atoms with Crippen molar-refractivity contribution in [1.82, 2.24) is 10.6 Å². The van der Waals surface area contributed by atoms with E-state index in [1.54, 1.807) is 0 Å². The Morgan fingerprint density at radius 1 is 1.03 bits per heavy atom. The summed E-state index contributed by atoms with van der Waals surface area (Å²) in [6, 6.07) is 18.4. The first-order valence-electron chi connectivity index (χ1n) is 14.7. The average Bonchev–Trinajstić information content (AvgIpc) is 3.32. The van der Waals surface area contributed by atoms with Crippen LogP contribution in [0, 0.1) is 41.4 Å². The fourth-order valence-electron chi connectivity index (χ4n) is 8.66. The number of allylic oxidation sites excluding steroid dienone is 2. The number of fused-ring (bicyclic) bond motifs is 5. The van der Waals surface area contributed by atoms with Gasteiger partial charge in [0.15, 0.2) is 0 Å². The molecule has 0 bridgehead atoms. The Labute approximate surface area is 227 Å². The molecule has 6 rings (SSSR count). The topological polar surface area (TPSA) is 58.2 Å². The van der Waals surface area contributed by atoms with E-state index in [0.717, 1.165) is 23.6 Å². The van der Waals surface area contributed by atoms with Gasteiger partial charge in [0.25, 0.3) is 0 Å². The average molecular weight is 511 g/mol. The quantitative estimate of drug-likeness (QED) is 0.442. The highest BCUT2D eigenvalue weighted by Gasteiger charge is 2.58. The number of piperidine rings is 1. The number of aryl methyl sites for hydroxylation is 1. The third kappa shape index (κ3) is 4.40. The number of benzene rings is 2. The predicted molar refractivity (Wildman–Crippen MR) is 151 cm³/mol. The fraction of sp³-hybridized carbons (Fsp3) is 0.529. The number of nitrogens with one attached hydrogen (secondary N) is 2. The Bertz CT molecular complexity index is 1230. The first kappa shape index (κ1) is 25.4. The summed E-state index contributed by atoms with van der Waals surface area (Å²) >= 11 is 0. The van der Waals surface area contributed by atoms with Crippen LogP contribution in [0.3, 0.4) is 0 Å². The van der Waals surface area contributed by atoms with E-state index in [4.69, 9.17) is 0 Å². The van der Waals surface area contributed by atoms with E-state index in [9.17, 15) is 9.59 Å². The van der Waals surface area contributed by atoms with Crippen molar-refractivity contribution in [2.45, 2.75) is 78.2 Å². The van der Waals surface area contributed by atoms with Gasteiger partial charge in [0.1, 0.15) is 5.92 Å². The molecular formula is C34H42N2O2. The maximum absolute atomic E-state index is 13.9. The number of hydrogen-bond donors (Lipinski definition) is 2. The number of amides is 2. The maximum atomic E-state index is 13.9. The minimum Gasteiger partial charge on any atom is -0.348 e. The van der Waals surface area contributed by atoms with Gasteiger partial charge in [-0.1, -0.05) is 86.5 Å². The molecule has 3 fully saturated rings. The van der Waals surface area contributed by atoms with Crippen LogP contribution in [0.15, 0.2) is 66.4 Å². The van der Waals surface area contributed by atoms with Crippen LogP contribution < -0.4 is 10.6 Å². The lowest BCUT2D eigenvalue weighted by molar-refractivity contribution is -0.141. The van der Waals surface area contributed by atoms with E-state index in [-0.39, 0.29) is 23.3 Å². The van der Waals surface area contributed by atoms with Crippen molar-refractivity contribution in [2.24, 2.45) is 34.5 Å². The molecule has 200 valence electrons. The summed E-state index contributed by atoms with van der Waals surface area (Å²) in [6.45, 7) is 6.92. The zero-order chi connectivity index (χ0) is 26.5. The molecule has 0 aromatic heterocycles. The molecule has 1 heterocycles. The third-order valence-corrected chi connectivity index (χ3v) is 10.8. The highest BCUT2D eigenvalue weighted by molar-refractivity contribution is 6.02. The third-order valence-electron chi connectivity index (χ3n) is 10.8. The number of carbonyl (C=O) groups excluding carboxylic acids is 2. The second-order valence-corrected chi connectivity index (χ2v) is 13.1. The van der Waals surface area contributed by atoms with Crippen LogP contribution in [-0.2, 0) is 16.0 Å². The van der Waals surface area contributed by atoms with Crippen molar-refractivity contribution in [3.8, 4) is 0 Å². The second-order valence-electron chi connectivity index (χ2n) is 13.1. The number of carbonyl (C=O) groups is 2. The zero-order valence-electron chi connectivity index (χ0n) is 23.1. The molecule has 2 aromatic rings. The molecule has 1 saturated heterocycles. The molecule has 1 aliphatic heterocycles. The van der Waals surface area contributed by atoms with Crippen molar-refractivity contribution in [3.63, 3.8) is 0 Å². The predicted octanol–water partition coefficient (Wildman–Crippen LogP) is 6.66. The summed E-state index contributed by atoms with van der Waals surface area (Å²) in [4.78, 5) is 27.2. The smallest absolute Gasteiger partial charge is 0.236 e. The van der Waals surface area contributed by atoms with Gasteiger partial charge in [0.05, 0.1) is 6.04 Å². The van der Waals surface area contributed by atoms with Crippen molar-refractivity contribution in [3.05, 3.63) is 83.1 Å². The van der Waals surface area contributed by atoms with Crippen LogP contribution in [0.4, 0.5) is 0 Å². The normalized spacial score (nSPS) is 34.7. The fourth-order valence-corrected chi connectivity index (χ4v) is 8.66. The Morgan fingerprint density at radius 2 is 1.79 bits per heavy atom. The Morgan fingerprint density at radius 3 is 2.55 bits per heavy atom. The SMILES string of the molecule is Cc1ccc(CC(NC(=O)C2C[C@@]3(C)C(=CC[C@@H]4[C@H]3CC[C@]3(C)CCC[C@@H]43)NC2=O)c2ccccc2)cc1. The van der Waals surface area contributed by atoms with Crippen molar-refractivity contribution in [1.29, 1.82) is 0 Å². The minimum absolute atomic E-state index is 0.145. The summed E-state index contributed by atoms with van der Waals surface area (Å²) < 4.78 is 0. The molecule has 2 N–H and O–H groups in total. The van der Waals surface area contributed by atoms with Crippen molar-refractivity contribution in [2.75, 3.05) is 0 Å². The highest BCUT2D eigenvalue weighted by atomic mass is 16.2. The molecule has 0 radical (unpaired) electrons. The van der Waals surface area contributed by atoms with E-state index in [2.05, 4.69) is 73.9 Å². The van der Waals surface area contributed by atoms with E-state index in [1.165, 1.54) is 43.2 Å². The van der Waals surface area contributed by atoms with E-state index in [0.29, 0.717) is 30.1 Å². The molecule has 2 saturated carbocycles. The lowest BCUT2D eigenvalue weighted by Crippen LogP contribution is -2.57. The van der Waals surface area contributed by atoms with Gasteiger partial charge in [-0.05, 0) is 86.2 Å². The number of rotatable bonds is 5. The van der Waals surface area contributed by atoms with Crippen LogP contribution in [-0.4, -0.2) is 11.8 Å². The lowest BCUT2D eigenvalue weighted by atomic mass is 9.49. The van der Waals surface area contributed by atoms with E-state index in [1.807, 2.05) is 18.2 Å². The van der Waals surface area contributed by atoms with Gasteiger partial charge in [-0.3, -0.25) is 9.59 Å². The van der Waals surface area contributed by atoms with Gasteiger partial charge < -0.3 is 10.6 Å². The van der Waals surface area contributed by atoms with Crippen molar-refractivity contribution >= 4 is 11.8 Å². The molecular weight excluding hydrogens is 468 g/mol. The summed E-state index contributed by atoms with van der Waals surface area (Å²) in [5.41, 5.74) is 4.87. The molecule has 7 atom stereocenters. The Balaban J connectivity index is 1.24. The standard InChI is InChI=1S/C34H42N2O2/c1-22-11-13-23(14-12-22)20-29(24-8-5-4-6-9-24)35-31(37)26-21-34(3)28-17-19-33(2)18-7-10-27(33)25(28)15-16-30(34)36-32(26)38/h4-6,8-9,11-14,16,25-29H,7,10,15,17-21H2,1-3H3,(H,35,37)(H,36,38)/t25-,26?,27-,28+,29?,33-,34+/m0/s1. The number of hydrogen-bond acceptors (Lipinski definition) is 2. The van der Waals surface area contributed by atoms with Gasteiger partial charge in [0.2, 0.25) is 11.8 Å². The summed E-state index contributed by atoms with van der Waals surface area (Å²) in [7, 11) is 0. The summed E-state index contributed by atoms with van der Waals surface area (Å²) in [6.07, 6.45) is 11.2. The van der Waals surface area contributed by atoms with Crippen LogP contribution in [0.1, 0.15) is 81.5 Å². The van der Waals surface area contributed by atoms with Gasteiger partial charge in [-0.25, -0.2) is 0 Å². The first-order valence-corrected chi connectivity index (χ1v) is 14.7. The Hall–Kier alpha value is -2.88. The van der Waals surface area contributed by atoms with Gasteiger partial charge in [-0.15, -0.1) is 0 Å². The van der Waals surface area contributed by atoms with E-state index >= 15 is 0 Å². The van der Waals surface area contributed by atoms with Crippen LogP contribution >= 0.6 is 0 Å². The molecule has 2 unspecified atom stereocenters. The molecule has 4 heteroatoms. The molecule has 0 spiro atoms. The molecule has 38 heavy (non-hydrogen) atoms. The van der Waals surface area contributed by atoms with Crippen LogP contribution in [0.2, 0.25) is 0 Å². The molecule has 4 nitrogen and oxygen atoms in total. The second kappa shape index (κ2) is 9.70. The van der Waals surface area contributed by atoms with Crippen LogP contribution in [0.5, 0.6) is 0 Å². The lowest BCUT2D eigenvalue weighted by Gasteiger charge is -2.57. The van der Waals surface area contributed by atoms with Crippen molar-refractivity contribution < 1.29 is 9.59 Å². The Kier molecular flexibility index (Phi) is 6.48. The molecule has 4 aliphatic rings. The van der Waals surface area contributed by atoms with Gasteiger partial charge in [-0.2, -0.15) is 0 Å². The van der Waals surface area contributed by atoms with Gasteiger partial charge in [0, 0.05) is 11.1 Å². The first-order chi connectivity index (χ1) is 18.3. The zero-order valence-corrected chi connectivity index (χ0v) is 23.1. The summed E-state index contributed by atoms with van der Waals surface area (Å²) in [5, 5.41) is 6.53. The van der Waals surface area contributed by atoms with E-state index < -0.39 is 5.92 Å². The molecule has 2 amide bonds. The minimum atomic E-state index is -0.669. The van der Waals surface area contributed by atoms with Crippen LogP contribution in [0.25, 0.3) is 0 Å². The summed E-state index contributed by atoms with van der Waals surface area (Å²) in [5.74, 6) is 1.02. The maximum Gasteiger partial charge on any atom is 0.236 e. The van der Waals surface area contributed by atoms with Gasteiger partial charge >= 0.3 is 0 Å². The largest absolute Gasteiger partial charge is 0.348 e. The highest BCUT2D eigenvalue weighted by Crippen LogP contribution is 2.64.